The molecule has 0 unspecified atom stereocenters. The molecule has 0 saturated heterocycles. The second-order valence-electron chi connectivity index (χ2n) is 17.1. The minimum absolute atomic E-state index is 0.172. The lowest BCUT2D eigenvalue weighted by atomic mass is 9.55. The second kappa shape index (κ2) is 16.5. The highest BCUT2D eigenvalue weighted by molar-refractivity contribution is 5.99. The molecular weight excluding hydrogens is 759 g/mol. The number of nitrogens with two attached hydrogens (primary N) is 1. The molecule has 0 bridgehead atoms. The average molecular weight is 810 g/mol. The molecule has 1 heteroatoms. The van der Waals surface area contributed by atoms with Crippen molar-refractivity contribution < 1.29 is 0 Å². The Balaban J connectivity index is 0.00000232. The summed E-state index contributed by atoms with van der Waals surface area (Å²) in [6.45, 7) is 4.80. The maximum atomic E-state index is 4.50. The van der Waals surface area contributed by atoms with Crippen molar-refractivity contribution >= 4 is 5.57 Å². The summed E-state index contributed by atoms with van der Waals surface area (Å²) in [5, 5.41) is 0. The molecule has 0 aromatic heterocycles. The van der Waals surface area contributed by atoms with E-state index in [4.69, 9.17) is 0 Å². The van der Waals surface area contributed by atoms with E-state index in [2.05, 4.69) is 250 Å². The van der Waals surface area contributed by atoms with Crippen molar-refractivity contribution in [2.75, 3.05) is 7.05 Å². The van der Waals surface area contributed by atoms with Crippen LogP contribution in [0.5, 0.6) is 0 Å². The lowest BCUT2D eigenvalue weighted by molar-refractivity contribution is 0.563. The number of allylic oxidation sites excluding steroid dienone is 1. The monoisotopic (exact) mass is 809 g/mol. The van der Waals surface area contributed by atoms with Gasteiger partial charge in [0.05, 0.1) is 5.41 Å². The smallest absolute Gasteiger partial charge is 0.0719 e. The minimum Gasteiger partial charge on any atom is -0.333 e. The molecule has 0 fully saturated rings. The number of hydrogen-bond donors (Lipinski definition) is 1. The average Bonchev–Trinajstić information content (AvgIpc) is 3.66. The molecule has 0 heterocycles. The highest BCUT2D eigenvalue weighted by Crippen LogP contribution is 2.63. The van der Waals surface area contributed by atoms with Gasteiger partial charge in [-0.05, 0) is 126 Å². The third-order valence-corrected chi connectivity index (χ3v) is 13.5. The predicted molar refractivity (Wildman–Crippen MR) is 266 cm³/mol. The van der Waals surface area contributed by atoms with E-state index in [0.29, 0.717) is 0 Å². The van der Waals surface area contributed by atoms with Crippen LogP contribution in [-0.2, 0) is 17.3 Å². The van der Waals surface area contributed by atoms with E-state index in [9.17, 15) is 0 Å². The van der Waals surface area contributed by atoms with Gasteiger partial charge in [0.15, 0.2) is 0 Å². The Morgan fingerprint density at radius 3 is 1.54 bits per heavy atom. The zero-order valence-corrected chi connectivity index (χ0v) is 36.2. The van der Waals surface area contributed by atoms with E-state index in [1.54, 1.807) is 0 Å². The molecule has 2 N–H and O–H groups in total. The summed E-state index contributed by atoms with van der Waals surface area (Å²) in [6.07, 6.45) is 3.29. The summed E-state index contributed by atoms with van der Waals surface area (Å²) < 4.78 is 0. The molecule has 0 amide bonds. The Labute approximate surface area is 372 Å². The van der Waals surface area contributed by atoms with Crippen molar-refractivity contribution in [1.82, 2.24) is 0 Å². The predicted octanol–water partition coefficient (Wildman–Crippen LogP) is 14.9. The van der Waals surface area contributed by atoms with E-state index < -0.39 is 5.41 Å². The van der Waals surface area contributed by atoms with Crippen molar-refractivity contribution in [3.8, 4) is 44.5 Å². The summed E-state index contributed by atoms with van der Waals surface area (Å²) in [7, 11) is 1.50. The highest BCUT2D eigenvalue weighted by atomic mass is 14.5. The maximum absolute atomic E-state index is 4.50. The SMILES string of the molecule is CC1(C)c2ccccc2C2(c3ccc(-c4ccc(-c5ccccc5)cc4-c4ccccc4)cc3-c3c(/C(=C\Cc4ccccc4)c4ccccc4)cccc32)c2ccccc21.CN. The molecule has 2 aliphatic carbocycles. The lowest BCUT2D eigenvalue weighted by Gasteiger charge is -2.46. The fraction of sp³-hybridized carbons (Fsp3) is 0.0968. The van der Waals surface area contributed by atoms with Gasteiger partial charge in [0.25, 0.3) is 0 Å². The molecule has 9 aromatic carbocycles. The van der Waals surface area contributed by atoms with Crippen LogP contribution in [0.3, 0.4) is 0 Å². The third-order valence-electron chi connectivity index (χ3n) is 13.5. The van der Waals surface area contributed by atoms with Crippen LogP contribution in [0.1, 0.15) is 63.9 Å². The van der Waals surface area contributed by atoms with Crippen molar-refractivity contribution in [1.29, 1.82) is 0 Å². The summed E-state index contributed by atoms with van der Waals surface area (Å²) in [5.41, 5.74) is 26.9. The Morgan fingerprint density at radius 2 is 0.905 bits per heavy atom. The van der Waals surface area contributed by atoms with Gasteiger partial charge in [-0.3, -0.25) is 0 Å². The van der Waals surface area contributed by atoms with Gasteiger partial charge in [-0.25, -0.2) is 0 Å². The van der Waals surface area contributed by atoms with Crippen LogP contribution in [0.2, 0.25) is 0 Å². The molecule has 0 radical (unpaired) electrons. The zero-order valence-electron chi connectivity index (χ0n) is 36.2. The number of hydrogen-bond acceptors (Lipinski definition) is 1. The first-order valence-electron chi connectivity index (χ1n) is 22.1. The highest BCUT2D eigenvalue weighted by Gasteiger charge is 2.53. The third kappa shape index (κ3) is 6.60. The van der Waals surface area contributed by atoms with Crippen LogP contribution in [0, 0.1) is 0 Å². The van der Waals surface area contributed by atoms with Gasteiger partial charge in [-0.1, -0.05) is 232 Å². The Kier molecular flexibility index (Phi) is 10.4. The molecule has 63 heavy (non-hydrogen) atoms. The van der Waals surface area contributed by atoms with Gasteiger partial charge in [0.2, 0.25) is 0 Å². The van der Waals surface area contributed by atoms with E-state index in [1.165, 1.54) is 107 Å². The molecule has 0 aliphatic heterocycles. The fourth-order valence-electron chi connectivity index (χ4n) is 10.6. The first kappa shape index (κ1) is 39.8. The molecule has 304 valence electrons. The number of benzene rings is 9. The Hall–Kier alpha value is -7.32. The first-order chi connectivity index (χ1) is 31.0. The summed E-state index contributed by atoms with van der Waals surface area (Å²) in [5.74, 6) is 0. The largest absolute Gasteiger partial charge is 0.333 e. The fourth-order valence-corrected chi connectivity index (χ4v) is 10.6. The quantitative estimate of drug-likeness (QED) is 0.170. The van der Waals surface area contributed by atoms with Crippen LogP contribution in [0.4, 0.5) is 0 Å². The Morgan fingerprint density at radius 1 is 0.397 bits per heavy atom. The molecule has 11 rings (SSSR count). The second-order valence-corrected chi connectivity index (χ2v) is 17.1. The maximum Gasteiger partial charge on any atom is 0.0719 e. The standard InChI is InChI=1S/C61H46.CH5N/c1-60(2)54-29-15-17-31-56(54)61(57-32-18-16-30-55(57)60)53-39-36-47(49-38-35-46(43-22-9-4-10-23-43)40-51(49)45-26-13-6-14-27-45)41-52(53)59-50(28-19-33-58(59)61)48(44-24-11-5-12-25-44)37-34-42-20-7-3-8-21-42;1-2/h3-33,35-41H,34H2,1-2H3;2H2,1H3/b48-37-;. The van der Waals surface area contributed by atoms with Gasteiger partial charge in [-0.2, -0.15) is 0 Å². The lowest BCUT2D eigenvalue weighted by Crippen LogP contribution is -2.40. The van der Waals surface area contributed by atoms with E-state index in [-0.39, 0.29) is 5.41 Å². The minimum atomic E-state index is -0.511. The van der Waals surface area contributed by atoms with Crippen molar-refractivity contribution in [3.63, 3.8) is 0 Å². The van der Waals surface area contributed by atoms with E-state index >= 15 is 0 Å². The van der Waals surface area contributed by atoms with Crippen molar-refractivity contribution in [2.45, 2.75) is 31.1 Å². The molecule has 0 saturated carbocycles. The Bertz CT molecular complexity index is 3050. The van der Waals surface area contributed by atoms with Crippen molar-refractivity contribution in [3.05, 3.63) is 281 Å². The van der Waals surface area contributed by atoms with Gasteiger partial charge in [0.1, 0.15) is 0 Å². The molecular formula is C62H51N. The summed E-state index contributed by atoms with van der Waals surface area (Å²) in [4.78, 5) is 0. The molecule has 9 aromatic rings. The van der Waals surface area contributed by atoms with Gasteiger partial charge in [0, 0.05) is 5.41 Å². The topological polar surface area (TPSA) is 26.0 Å². The number of rotatable bonds is 7. The molecule has 1 nitrogen and oxygen atoms in total. The van der Waals surface area contributed by atoms with Gasteiger partial charge < -0.3 is 5.73 Å². The van der Waals surface area contributed by atoms with Crippen LogP contribution in [0.25, 0.3) is 50.1 Å². The summed E-state index contributed by atoms with van der Waals surface area (Å²) >= 11 is 0. The number of fused-ring (bicyclic) bond motifs is 9. The van der Waals surface area contributed by atoms with E-state index in [1.807, 2.05) is 0 Å². The van der Waals surface area contributed by atoms with E-state index in [0.717, 1.165) is 6.42 Å². The van der Waals surface area contributed by atoms with Crippen LogP contribution >= 0.6 is 0 Å². The van der Waals surface area contributed by atoms with Crippen LogP contribution in [0.15, 0.2) is 231 Å². The van der Waals surface area contributed by atoms with Crippen molar-refractivity contribution in [2.24, 2.45) is 5.73 Å². The van der Waals surface area contributed by atoms with Crippen LogP contribution < -0.4 is 5.73 Å². The molecule has 0 atom stereocenters. The van der Waals surface area contributed by atoms with Gasteiger partial charge in [-0.15, -0.1) is 0 Å². The first-order valence-corrected chi connectivity index (χ1v) is 22.1. The molecule has 2 aliphatic rings. The summed E-state index contributed by atoms with van der Waals surface area (Å²) in [6, 6.07) is 83.5. The molecule has 1 spiro atoms. The zero-order chi connectivity index (χ0) is 43.0. The van der Waals surface area contributed by atoms with Gasteiger partial charge >= 0.3 is 0 Å². The van der Waals surface area contributed by atoms with Crippen LogP contribution in [-0.4, -0.2) is 7.05 Å². The normalized spacial score (nSPS) is 13.8.